The Labute approximate surface area is 150 Å². The van der Waals surface area contributed by atoms with Crippen LogP contribution in [0, 0.1) is 29.6 Å². The summed E-state index contributed by atoms with van der Waals surface area (Å²) in [6.07, 6.45) is 9.36. The Bertz CT molecular complexity index is 402. The second-order valence-electron chi connectivity index (χ2n) is 8.34. The second-order valence-corrected chi connectivity index (χ2v) is 8.52. The second kappa shape index (κ2) is 8.49. The molecule has 0 amide bonds. The smallest absolute Gasteiger partial charge is 0.159 e. The maximum absolute atomic E-state index is 14.5. The van der Waals surface area contributed by atoms with Crippen molar-refractivity contribution in [2.24, 2.45) is 29.6 Å². The number of rotatable bonds is 4. The van der Waals surface area contributed by atoms with Crippen molar-refractivity contribution in [3.05, 3.63) is 12.7 Å². The molecule has 0 aliphatic heterocycles. The SMILES string of the molecule is C=CC1CCC(C2CCC(C3CCC(OCl)C(F)C3F)CC2)CC1. The van der Waals surface area contributed by atoms with Crippen molar-refractivity contribution in [1.82, 2.24) is 0 Å². The Morgan fingerprint density at radius 2 is 1.29 bits per heavy atom. The van der Waals surface area contributed by atoms with E-state index in [4.69, 9.17) is 11.9 Å². The van der Waals surface area contributed by atoms with Crippen molar-refractivity contribution in [2.45, 2.75) is 82.7 Å². The van der Waals surface area contributed by atoms with E-state index < -0.39 is 18.4 Å². The highest BCUT2D eigenvalue weighted by Gasteiger charge is 2.45. The average Bonchev–Trinajstić information content (AvgIpc) is 2.64. The summed E-state index contributed by atoms with van der Waals surface area (Å²) in [5.74, 6) is 2.56. The fourth-order valence-electron chi connectivity index (χ4n) is 5.60. The zero-order valence-corrected chi connectivity index (χ0v) is 15.3. The molecular formula is C20H31ClF2O. The number of alkyl halides is 2. The van der Waals surface area contributed by atoms with Gasteiger partial charge in [-0.15, -0.1) is 6.58 Å². The van der Waals surface area contributed by atoms with Gasteiger partial charge < -0.3 is 0 Å². The molecule has 0 spiro atoms. The van der Waals surface area contributed by atoms with Gasteiger partial charge in [0.2, 0.25) is 0 Å². The molecule has 3 rings (SSSR count). The number of allylic oxidation sites excluding steroid dienone is 1. The molecule has 4 heteroatoms. The molecular weight excluding hydrogens is 330 g/mol. The molecule has 3 saturated carbocycles. The molecule has 3 aliphatic carbocycles. The van der Waals surface area contributed by atoms with E-state index in [2.05, 4.69) is 16.9 Å². The van der Waals surface area contributed by atoms with Crippen molar-refractivity contribution in [1.29, 1.82) is 0 Å². The lowest BCUT2D eigenvalue weighted by atomic mass is 9.65. The van der Waals surface area contributed by atoms with Crippen LogP contribution in [0.3, 0.4) is 0 Å². The van der Waals surface area contributed by atoms with Crippen molar-refractivity contribution in [3.63, 3.8) is 0 Å². The fraction of sp³-hybridized carbons (Fsp3) is 0.900. The summed E-state index contributed by atoms with van der Waals surface area (Å²) in [6.45, 7) is 3.92. The molecule has 0 saturated heterocycles. The molecule has 4 unspecified atom stereocenters. The molecule has 0 aromatic carbocycles. The van der Waals surface area contributed by atoms with E-state index in [0.29, 0.717) is 24.7 Å². The van der Waals surface area contributed by atoms with Gasteiger partial charge >= 0.3 is 0 Å². The topological polar surface area (TPSA) is 9.23 Å². The molecule has 1 nitrogen and oxygen atoms in total. The van der Waals surface area contributed by atoms with Crippen molar-refractivity contribution >= 4 is 11.9 Å². The zero-order chi connectivity index (χ0) is 17.1. The van der Waals surface area contributed by atoms with E-state index in [-0.39, 0.29) is 5.92 Å². The third-order valence-corrected chi connectivity index (χ3v) is 7.43. The Morgan fingerprint density at radius 3 is 1.83 bits per heavy atom. The van der Waals surface area contributed by atoms with Gasteiger partial charge in [0.25, 0.3) is 0 Å². The predicted molar refractivity (Wildman–Crippen MR) is 94.3 cm³/mol. The molecule has 3 aliphatic rings. The summed E-state index contributed by atoms with van der Waals surface area (Å²) in [4.78, 5) is 0. The standard InChI is InChI=1S/C20H31ClF2O/c1-2-13-3-5-14(6-4-13)15-7-9-16(10-8-15)17-11-12-18(24-21)20(23)19(17)22/h2,13-20H,1,3-12H2. The highest BCUT2D eigenvalue weighted by atomic mass is 35.5. The van der Waals surface area contributed by atoms with Crippen LogP contribution in [0.1, 0.15) is 64.2 Å². The summed E-state index contributed by atoms with van der Waals surface area (Å²) in [7, 11) is 0. The first-order valence-corrected chi connectivity index (χ1v) is 10.1. The van der Waals surface area contributed by atoms with Gasteiger partial charge in [-0.1, -0.05) is 6.08 Å². The largest absolute Gasteiger partial charge is 0.273 e. The van der Waals surface area contributed by atoms with Crippen LogP contribution in [0.4, 0.5) is 8.78 Å². The zero-order valence-electron chi connectivity index (χ0n) is 14.5. The van der Waals surface area contributed by atoms with Crippen LogP contribution in [0.5, 0.6) is 0 Å². The van der Waals surface area contributed by atoms with Crippen LogP contribution in [0.25, 0.3) is 0 Å². The van der Waals surface area contributed by atoms with E-state index in [1.165, 1.54) is 38.5 Å². The van der Waals surface area contributed by atoms with Gasteiger partial charge in [0.1, 0.15) is 12.3 Å². The molecule has 0 aromatic rings. The van der Waals surface area contributed by atoms with Crippen LogP contribution in [0.2, 0.25) is 0 Å². The van der Waals surface area contributed by atoms with E-state index in [0.717, 1.165) is 24.7 Å². The summed E-state index contributed by atoms with van der Waals surface area (Å²) >= 11 is 5.29. The predicted octanol–water partition coefficient (Wildman–Crippen LogP) is 6.41. The summed E-state index contributed by atoms with van der Waals surface area (Å²) < 4.78 is 33.1. The van der Waals surface area contributed by atoms with E-state index in [1.807, 2.05) is 0 Å². The summed E-state index contributed by atoms with van der Waals surface area (Å²) in [6, 6.07) is 0. The first kappa shape index (κ1) is 18.6. The Balaban J connectivity index is 1.48. The maximum atomic E-state index is 14.5. The summed E-state index contributed by atoms with van der Waals surface area (Å²) in [5.41, 5.74) is 0. The van der Waals surface area contributed by atoms with E-state index in [9.17, 15) is 8.78 Å². The molecule has 0 N–H and O–H groups in total. The Kier molecular flexibility index (Phi) is 6.59. The molecule has 3 fully saturated rings. The normalized spacial score (nSPS) is 47.3. The highest BCUT2D eigenvalue weighted by molar-refractivity contribution is 6.07. The minimum Gasteiger partial charge on any atom is -0.273 e. The maximum Gasteiger partial charge on any atom is 0.159 e. The first-order chi connectivity index (χ1) is 11.6. The van der Waals surface area contributed by atoms with Gasteiger partial charge in [0.05, 0.1) is 11.9 Å². The Morgan fingerprint density at radius 1 is 0.750 bits per heavy atom. The van der Waals surface area contributed by atoms with Gasteiger partial charge in [0, 0.05) is 0 Å². The fourth-order valence-corrected chi connectivity index (χ4v) is 5.79. The lowest BCUT2D eigenvalue weighted by Gasteiger charge is -2.42. The highest BCUT2D eigenvalue weighted by Crippen LogP contribution is 2.46. The van der Waals surface area contributed by atoms with Crippen LogP contribution >= 0.6 is 11.9 Å². The van der Waals surface area contributed by atoms with Gasteiger partial charge in [-0.05, 0) is 93.8 Å². The van der Waals surface area contributed by atoms with Gasteiger partial charge in [0.15, 0.2) is 6.17 Å². The van der Waals surface area contributed by atoms with Crippen molar-refractivity contribution in [2.75, 3.05) is 0 Å². The van der Waals surface area contributed by atoms with Gasteiger partial charge in [-0.25, -0.2) is 8.78 Å². The molecule has 138 valence electrons. The third-order valence-electron chi connectivity index (χ3n) is 7.21. The quantitative estimate of drug-likeness (QED) is 0.526. The molecule has 4 atom stereocenters. The first-order valence-electron chi connectivity index (χ1n) is 9.82. The third kappa shape index (κ3) is 3.98. The van der Waals surface area contributed by atoms with Crippen molar-refractivity contribution < 1.29 is 13.1 Å². The minimum absolute atomic E-state index is 0.138. The van der Waals surface area contributed by atoms with E-state index in [1.54, 1.807) is 0 Å². The number of hydrogen-bond acceptors (Lipinski definition) is 1. The molecule has 0 radical (unpaired) electrons. The minimum atomic E-state index is -1.56. The van der Waals surface area contributed by atoms with E-state index >= 15 is 0 Å². The summed E-state index contributed by atoms with van der Waals surface area (Å²) in [5, 5.41) is 0. The van der Waals surface area contributed by atoms with Crippen LogP contribution in [0.15, 0.2) is 12.7 Å². The molecule has 0 aromatic heterocycles. The monoisotopic (exact) mass is 360 g/mol. The van der Waals surface area contributed by atoms with Crippen molar-refractivity contribution in [3.8, 4) is 0 Å². The average molecular weight is 361 g/mol. The molecule has 0 bridgehead atoms. The Hall–Kier alpha value is -0.150. The van der Waals surface area contributed by atoms with Gasteiger partial charge in [-0.2, -0.15) is 0 Å². The van der Waals surface area contributed by atoms with Crippen LogP contribution in [-0.2, 0) is 4.29 Å². The number of halogens is 3. The lowest BCUT2D eigenvalue weighted by Crippen LogP contribution is -2.45. The van der Waals surface area contributed by atoms with Gasteiger partial charge in [-0.3, -0.25) is 4.29 Å². The lowest BCUT2D eigenvalue weighted by molar-refractivity contribution is -0.0434. The van der Waals surface area contributed by atoms with Crippen LogP contribution in [-0.4, -0.2) is 18.4 Å². The number of hydrogen-bond donors (Lipinski definition) is 0. The van der Waals surface area contributed by atoms with Crippen LogP contribution < -0.4 is 0 Å². The molecule has 0 heterocycles. The molecule has 24 heavy (non-hydrogen) atoms.